The second kappa shape index (κ2) is 14.3. The normalized spacial score (nSPS) is 12.4. The minimum Gasteiger partial charge on any atom is -0.494 e. The lowest BCUT2D eigenvalue weighted by atomic mass is 10.1. The number of hydrogen-bond acceptors (Lipinski definition) is 12. The SMILES string of the molecule is COc1cc(N=Nc2cccc(S(=O)(=O)O)c2)ccc1NC(=O)Nc1ccc(N=Nc2ccc3cc(S(=O)(=O)O)cc(S(=O)(=O)O)c3c2)c(C)c1. The maximum Gasteiger partial charge on any atom is 0.323 e. The molecule has 0 fully saturated rings. The van der Waals surface area contributed by atoms with Gasteiger partial charge in [0, 0.05) is 17.1 Å². The Hall–Kier alpha value is -5.64. The molecule has 5 aromatic carbocycles. The molecule has 20 heteroatoms. The molecule has 0 radical (unpaired) electrons. The summed E-state index contributed by atoms with van der Waals surface area (Å²) in [6.07, 6.45) is 0. The molecule has 0 atom stereocenters. The van der Waals surface area contributed by atoms with Gasteiger partial charge in [0.1, 0.15) is 10.6 Å². The van der Waals surface area contributed by atoms with Crippen molar-refractivity contribution in [1.29, 1.82) is 0 Å². The average Bonchev–Trinajstić information content (AvgIpc) is 3.05. The number of hydrogen-bond donors (Lipinski definition) is 5. The Kier molecular flexibility index (Phi) is 10.3. The summed E-state index contributed by atoms with van der Waals surface area (Å²) in [5.41, 5.74) is 2.36. The zero-order chi connectivity index (χ0) is 37.1. The molecule has 264 valence electrons. The van der Waals surface area contributed by atoms with Crippen molar-refractivity contribution in [3.05, 3.63) is 96.6 Å². The maximum absolute atomic E-state index is 12.8. The van der Waals surface area contributed by atoms with Gasteiger partial charge in [-0.15, -0.1) is 0 Å². The van der Waals surface area contributed by atoms with E-state index in [-0.39, 0.29) is 32.8 Å². The van der Waals surface area contributed by atoms with Crippen molar-refractivity contribution in [2.45, 2.75) is 21.6 Å². The molecule has 0 aliphatic carbocycles. The Labute approximate surface area is 291 Å². The molecule has 51 heavy (non-hydrogen) atoms. The van der Waals surface area contributed by atoms with Gasteiger partial charge in [-0.3, -0.25) is 13.7 Å². The molecule has 0 saturated heterocycles. The first kappa shape index (κ1) is 36.6. The quantitative estimate of drug-likeness (QED) is 0.0694. The second-order valence-corrected chi connectivity index (χ2v) is 14.8. The highest BCUT2D eigenvalue weighted by Crippen LogP contribution is 2.33. The first-order chi connectivity index (χ1) is 23.9. The number of rotatable bonds is 10. The van der Waals surface area contributed by atoms with Gasteiger partial charge in [-0.05, 0) is 90.7 Å². The predicted octanol–water partition coefficient (Wildman–Crippen LogP) is 7.37. The number of carbonyl (C=O) groups is 1. The minimum absolute atomic E-state index is 0.0525. The minimum atomic E-state index is -4.89. The Morgan fingerprint density at radius 2 is 1.29 bits per heavy atom. The zero-order valence-corrected chi connectivity index (χ0v) is 28.7. The Balaban J connectivity index is 1.28. The van der Waals surface area contributed by atoms with Gasteiger partial charge in [-0.25, -0.2) is 4.79 Å². The van der Waals surface area contributed by atoms with Gasteiger partial charge in [0.2, 0.25) is 0 Å². The van der Waals surface area contributed by atoms with E-state index in [0.29, 0.717) is 34.4 Å². The lowest BCUT2D eigenvalue weighted by Crippen LogP contribution is -2.19. The van der Waals surface area contributed by atoms with E-state index in [1.807, 2.05) is 0 Å². The second-order valence-electron chi connectivity index (χ2n) is 10.6. The van der Waals surface area contributed by atoms with Gasteiger partial charge in [-0.1, -0.05) is 12.1 Å². The van der Waals surface area contributed by atoms with E-state index in [0.717, 1.165) is 12.1 Å². The molecular formula is C31H26N6O11S3. The van der Waals surface area contributed by atoms with Gasteiger partial charge >= 0.3 is 6.03 Å². The third kappa shape index (κ3) is 9.13. The first-order valence-electron chi connectivity index (χ1n) is 14.2. The van der Waals surface area contributed by atoms with Crippen molar-refractivity contribution < 1.29 is 48.4 Å². The molecule has 0 bridgehead atoms. The summed E-state index contributed by atoms with van der Waals surface area (Å²) in [5.74, 6) is 0.247. The molecule has 0 saturated carbocycles. The van der Waals surface area contributed by atoms with Gasteiger partial charge in [-0.2, -0.15) is 45.7 Å². The highest BCUT2D eigenvalue weighted by Gasteiger charge is 2.21. The molecule has 5 N–H and O–H groups in total. The largest absolute Gasteiger partial charge is 0.494 e. The standard InChI is InChI=1S/C31H26N6O11S3/c1-18-12-20(8-10-27(18)37-36-22-7-6-19-13-25(50(42,43)44)17-30(26(19)15-22)51(45,46)47)32-31(38)33-28-11-9-23(16-29(28)48-2)35-34-21-4-3-5-24(14-21)49(39,40)41/h3-17H,1-2H3,(H2,32,33,38)(H,39,40,41)(H,42,43,44)(H,45,46,47). The third-order valence-electron chi connectivity index (χ3n) is 7.01. The average molecular weight is 755 g/mol. The van der Waals surface area contributed by atoms with Crippen LogP contribution in [-0.4, -0.2) is 52.1 Å². The van der Waals surface area contributed by atoms with Crippen LogP contribution in [0.25, 0.3) is 10.8 Å². The number of nitrogens with one attached hydrogen (secondary N) is 2. The van der Waals surface area contributed by atoms with E-state index in [1.165, 1.54) is 61.7 Å². The first-order valence-corrected chi connectivity index (χ1v) is 18.5. The summed E-state index contributed by atoms with van der Waals surface area (Å²) in [6.45, 7) is 1.71. The van der Waals surface area contributed by atoms with Crippen LogP contribution in [0.5, 0.6) is 5.75 Å². The highest BCUT2D eigenvalue weighted by atomic mass is 32.2. The molecule has 5 aromatic rings. The van der Waals surface area contributed by atoms with Crippen LogP contribution in [0.2, 0.25) is 0 Å². The molecular weight excluding hydrogens is 729 g/mol. The van der Waals surface area contributed by atoms with E-state index in [9.17, 15) is 43.7 Å². The number of anilines is 2. The number of aryl methyl sites for hydroxylation is 1. The fourth-order valence-corrected chi connectivity index (χ4v) is 6.49. The molecule has 0 unspecified atom stereocenters. The number of methoxy groups -OCH3 is 1. The third-order valence-corrected chi connectivity index (χ3v) is 9.58. The fraction of sp³-hybridized carbons (Fsp3) is 0.0645. The van der Waals surface area contributed by atoms with Crippen molar-refractivity contribution in [2.24, 2.45) is 20.5 Å². The van der Waals surface area contributed by atoms with Crippen molar-refractivity contribution in [1.82, 2.24) is 0 Å². The maximum atomic E-state index is 12.8. The summed E-state index contributed by atoms with van der Waals surface area (Å²) in [7, 11) is -12.7. The van der Waals surface area contributed by atoms with Gasteiger partial charge < -0.3 is 15.4 Å². The lowest BCUT2D eigenvalue weighted by Gasteiger charge is -2.12. The number of amides is 2. The zero-order valence-electron chi connectivity index (χ0n) is 26.3. The highest BCUT2D eigenvalue weighted by molar-refractivity contribution is 7.87. The van der Waals surface area contributed by atoms with E-state index in [4.69, 9.17) is 4.74 Å². The predicted molar refractivity (Wildman–Crippen MR) is 185 cm³/mol. The number of benzene rings is 5. The Bertz CT molecular complexity index is 2590. The lowest BCUT2D eigenvalue weighted by molar-refractivity contribution is 0.262. The summed E-state index contributed by atoms with van der Waals surface area (Å²) < 4.78 is 103. The van der Waals surface area contributed by atoms with Crippen LogP contribution in [0.3, 0.4) is 0 Å². The van der Waals surface area contributed by atoms with Gasteiger partial charge in [0.15, 0.2) is 0 Å². The van der Waals surface area contributed by atoms with Crippen molar-refractivity contribution >= 4 is 81.3 Å². The van der Waals surface area contributed by atoms with E-state index in [2.05, 4.69) is 31.1 Å². The molecule has 0 heterocycles. The fourth-order valence-electron chi connectivity index (χ4n) is 4.62. The van der Waals surface area contributed by atoms with Crippen molar-refractivity contribution in [3.8, 4) is 5.75 Å². The van der Waals surface area contributed by atoms with Gasteiger partial charge in [0.05, 0.1) is 45.3 Å². The van der Waals surface area contributed by atoms with Crippen molar-refractivity contribution in [3.63, 3.8) is 0 Å². The van der Waals surface area contributed by atoms with Crippen LogP contribution in [-0.2, 0) is 30.4 Å². The van der Waals surface area contributed by atoms with Crippen molar-refractivity contribution in [2.75, 3.05) is 17.7 Å². The van der Waals surface area contributed by atoms with E-state index in [1.54, 1.807) is 25.1 Å². The van der Waals surface area contributed by atoms with Gasteiger partial charge in [0.25, 0.3) is 30.4 Å². The topological polar surface area (TPSA) is 263 Å². The number of carbonyl (C=O) groups excluding carboxylic acids is 1. The number of ether oxygens (including phenoxy) is 1. The monoisotopic (exact) mass is 754 g/mol. The van der Waals surface area contributed by atoms with Crippen LogP contribution >= 0.6 is 0 Å². The number of nitrogens with zero attached hydrogens (tertiary/aromatic N) is 4. The van der Waals surface area contributed by atoms with E-state index < -0.39 is 46.2 Å². The molecule has 2 amide bonds. The van der Waals surface area contributed by atoms with Crippen LogP contribution in [0.15, 0.2) is 126 Å². The summed E-state index contributed by atoms with van der Waals surface area (Å²) in [5, 5.41) is 21.7. The smallest absolute Gasteiger partial charge is 0.323 e. The van der Waals surface area contributed by atoms with Crippen LogP contribution in [0, 0.1) is 6.92 Å². The summed E-state index contributed by atoms with van der Waals surface area (Å²) in [6, 6.07) is 19.7. The molecule has 0 aliphatic heterocycles. The molecule has 0 aromatic heterocycles. The molecule has 17 nitrogen and oxygen atoms in total. The Morgan fingerprint density at radius 1 is 0.647 bits per heavy atom. The molecule has 5 rings (SSSR count). The summed E-state index contributed by atoms with van der Waals surface area (Å²) >= 11 is 0. The van der Waals surface area contributed by atoms with Crippen LogP contribution in [0.1, 0.15) is 5.56 Å². The van der Waals surface area contributed by atoms with Crippen LogP contribution < -0.4 is 15.4 Å². The van der Waals surface area contributed by atoms with Crippen LogP contribution in [0.4, 0.5) is 38.9 Å². The van der Waals surface area contributed by atoms with E-state index >= 15 is 0 Å². The number of urea groups is 1. The number of azo groups is 2. The molecule has 0 aliphatic rings. The molecule has 0 spiro atoms. The summed E-state index contributed by atoms with van der Waals surface area (Å²) in [4.78, 5) is 11.0. The Morgan fingerprint density at radius 3 is 1.94 bits per heavy atom. The number of fused-ring (bicyclic) bond motifs is 1.